The van der Waals surface area contributed by atoms with Gasteiger partial charge in [0.25, 0.3) is 0 Å². The molecule has 4 aromatic rings. The summed E-state index contributed by atoms with van der Waals surface area (Å²) >= 11 is 1.44. The third-order valence-electron chi connectivity index (χ3n) is 5.75. The fourth-order valence-corrected chi connectivity index (χ4v) is 4.66. The van der Waals surface area contributed by atoms with E-state index in [2.05, 4.69) is 24.4 Å². The summed E-state index contributed by atoms with van der Waals surface area (Å²) in [5.41, 5.74) is 6.85. The smallest absolute Gasteiger partial charge is 0.235 e. The predicted molar refractivity (Wildman–Crippen MR) is 143 cm³/mol. The van der Waals surface area contributed by atoms with E-state index in [-0.39, 0.29) is 24.8 Å². The molecule has 5 nitrogen and oxygen atoms in total. The van der Waals surface area contributed by atoms with Crippen LogP contribution in [0.4, 0.5) is 10.8 Å². The molecule has 4 rings (SSSR count). The summed E-state index contributed by atoms with van der Waals surface area (Å²) in [4.78, 5) is 32.3. The second-order valence-corrected chi connectivity index (χ2v) is 9.50. The Morgan fingerprint density at radius 2 is 1.63 bits per heavy atom. The van der Waals surface area contributed by atoms with Gasteiger partial charge in [-0.3, -0.25) is 14.5 Å². The molecule has 6 heteroatoms. The molecule has 0 radical (unpaired) electrons. The SMILES string of the molecule is Cc1ccc(-c2csc(N(C(=O)CCNC(=O)Cc3ccccc3)c3cc(C)ccc3C)n2)cc1. The fraction of sp³-hybridized carbons (Fsp3) is 0.207. The van der Waals surface area contributed by atoms with Crippen molar-refractivity contribution in [2.24, 2.45) is 0 Å². The number of rotatable bonds is 8. The van der Waals surface area contributed by atoms with Crippen LogP contribution in [0.15, 0.2) is 78.2 Å². The van der Waals surface area contributed by atoms with Gasteiger partial charge in [-0.05, 0) is 43.5 Å². The molecule has 0 aliphatic rings. The number of carbonyl (C=O) groups excluding carboxylic acids is 2. The summed E-state index contributed by atoms with van der Waals surface area (Å²) < 4.78 is 0. The number of aromatic nitrogens is 1. The Hall–Kier alpha value is -3.77. The monoisotopic (exact) mass is 483 g/mol. The summed E-state index contributed by atoms with van der Waals surface area (Å²) in [5, 5.41) is 5.48. The Kier molecular flexibility index (Phi) is 7.73. The highest BCUT2D eigenvalue weighted by Crippen LogP contribution is 2.35. The normalized spacial score (nSPS) is 10.7. The van der Waals surface area contributed by atoms with E-state index in [1.54, 1.807) is 4.90 Å². The number of anilines is 2. The van der Waals surface area contributed by atoms with Crippen LogP contribution in [-0.4, -0.2) is 23.3 Å². The van der Waals surface area contributed by atoms with E-state index in [9.17, 15) is 9.59 Å². The van der Waals surface area contributed by atoms with Crippen molar-refractivity contribution >= 4 is 34.0 Å². The Morgan fingerprint density at radius 1 is 0.914 bits per heavy atom. The minimum Gasteiger partial charge on any atom is -0.355 e. The highest BCUT2D eigenvalue weighted by molar-refractivity contribution is 7.14. The lowest BCUT2D eigenvalue weighted by Crippen LogP contribution is -2.32. The third kappa shape index (κ3) is 6.22. The molecule has 35 heavy (non-hydrogen) atoms. The fourth-order valence-electron chi connectivity index (χ4n) is 3.79. The molecular weight excluding hydrogens is 454 g/mol. The summed E-state index contributed by atoms with van der Waals surface area (Å²) in [7, 11) is 0. The summed E-state index contributed by atoms with van der Waals surface area (Å²) in [6.45, 7) is 6.32. The lowest BCUT2D eigenvalue weighted by molar-refractivity contribution is -0.120. The van der Waals surface area contributed by atoms with Gasteiger partial charge in [0, 0.05) is 23.9 Å². The molecule has 1 N–H and O–H groups in total. The molecule has 3 aromatic carbocycles. The molecule has 1 heterocycles. The molecule has 0 saturated heterocycles. The van der Waals surface area contributed by atoms with E-state index < -0.39 is 0 Å². The molecule has 0 unspecified atom stereocenters. The van der Waals surface area contributed by atoms with Crippen molar-refractivity contribution in [3.63, 3.8) is 0 Å². The van der Waals surface area contributed by atoms with Crippen molar-refractivity contribution in [3.05, 3.63) is 100 Å². The first-order valence-corrected chi connectivity index (χ1v) is 12.5. The lowest BCUT2D eigenvalue weighted by atomic mass is 10.1. The zero-order valence-electron chi connectivity index (χ0n) is 20.2. The summed E-state index contributed by atoms with van der Waals surface area (Å²) in [6.07, 6.45) is 0.468. The van der Waals surface area contributed by atoms with Crippen LogP contribution in [0.25, 0.3) is 11.3 Å². The molecular formula is C29H29N3O2S. The molecule has 0 aliphatic carbocycles. The zero-order chi connectivity index (χ0) is 24.8. The van der Waals surface area contributed by atoms with Crippen LogP contribution in [0.3, 0.4) is 0 Å². The molecule has 1 aromatic heterocycles. The number of thiazole rings is 1. The van der Waals surface area contributed by atoms with Crippen molar-refractivity contribution in [1.82, 2.24) is 10.3 Å². The number of nitrogens with zero attached hydrogens (tertiary/aromatic N) is 2. The van der Waals surface area contributed by atoms with Gasteiger partial charge in [0.1, 0.15) is 0 Å². The molecule has 0 atom stereocenters. The van der Waals surface area contributed by atoms with Crippen molar-refractivity contribution in [3.8, 4) is 11.3 Å². The number of aryl methyl sites for hydroxylation is 3. The minimum absolute atomic E-state index is 0.0989. The van der Waals surface area contributed by atoms with Crippen molar-refractivity contribution in [1.29, 1.82) is 0 Å². The molecule has 0 saturated carbocycles. The van der Waals surface area contributed by atoms with Gasteiger partial charge in [0.05, 0.1) is 17.8 Å². The van der Waals surface area contributed by atoms with Gasteiger partial charge >= 0.3 is 0 Å². The van der Waals surface area contributed by atoms with Crippen molar-refractivity contribution in [2.45, 2.75) is 33.6 Å². The number of carbonyl (C=O) groups is 2. The van der Waals surface area contributed by atoms with E-state index in [1.807, 2.05) is 79.9 Å². The third-order valence-corrected chi connectivity index (χ3v) is 6.58. The quantitative estimate of drug-likeness (QED) is 0.327. The van der Waals surface area contributed by atoms with Crippen LogP contribution in [0, 0.1) is 20.8 Å². The Morgan fingerprint density at radius 3 is 2.37 bits per heavy atom. The maximum absolute atomic E-state index is 13.5. The highest BCUT2D eigenvalue weighted by Gasteiger charge is 2.23. The van der Waals surface area contributed by atoms with Gasteiger partial charge in [-0.2, -0.15) is 0 Å². The predicted octanol–water partition coefficient (Wildman–Crippen LogP) is 6.15. The van der Waals surface area contributed by atoms with Crippen molar-refractivity contribution < 1.29 is 9.59 Å². The van der Waals surface area contributed by atoms with Gasteiger partial charge < -0.3 is 5.32 Å². The Balaban J connectivity index is 1.52. The Labute approximate surface area is 210 Å². The average Bonchev–Trinajstić information content (AvgIpc) is 3.32. The molecule has 0 fully saturated rings. The van der Waals surface area contributed by atoms with E-state index in [1.165, 1.54) is 16.9 Å². The first-order valence-electron chi connectivity index (χ1n) is 11.6. The van der Waals surface area contributed by atoms with Gasteiger partial charge in [0.2, 0.25) is 11.8 Å². The zero-order valence-corrected chi connectivity index (χ0v) is 21.1. The van der Waals surface area contributed by atoms with Crippen LogP contribution in [0.5, 0.6) is 0 Å². The molecule has 2 amide bonds. The number of hydrogen-bond acceptors (Lipinski definition) is 4. The van der Waals surface area contributed by atoms with E-state index in [0.29, 0.717) is 11.6 Å². The van der Waals surface area contributed by atoms with Gasteiger partial charge in [0.15, 0.2) is 5.13 Å². The molecule has 0 bridgehead atoms. The second kappa shape index (κ2) is 11.1. The first-order chi connectivity index (χ1) is 16.9. The number of hydrogen-bond donors (Lipinski definition) is 1. The van der Waals surface area contributed by atoms with Crippen LogP contribution < -0.4 is 10.2 Å². The number of nitrogens with one attached hydrogen (secondary N) is 1. The maximum atomic E-state index is 13.5. The molecule has 178 valence electrons. The topological polar surface area (TPSA) is 62.3 Å². The molecule has 0 spiro atoms. The highest BCUT2D eigenvalue weighted by atomic mass is 32.1. The van der Waals surface area contributed by atoms with Gasteiger partial charge in [-0.15, -0.1) is 11.3 Å². The van der Waals surface area contributed by atoms with Crippen LogP contribution in [-0.2, 0) is 16.0 Å². The van der Waals surface area contributed by atoms with E-state index >= 15 is 0 Å². The second-order valence-electron chi connectivity index (χ2n) is 8.66. The first kappa shape index (κ1) is 24.4. The standard InChI is InChI=1S/C29H29N3O2S/c1-20-10-13-24(14-11-20)25-19-35-29(31-25)32(26-17-21(2)9-12-22(26)3)28(34)15-16-30-27(33)18-23-7-5-4-6-8-23/h4-14,17,19H,15-16,18H2,1-3H3,(H,30,33). The van der Waals surface area contributed by atoms with Crippen molar-refractivity contribution in [2.75, 3.05) is 11.4 Å². The number of benzene rings is 3. The lowest BCUT2D eigenvalue weighted by Gasteiger charge is -2.22. The van der Waals surface area contributed by atoms with E-state index in [0.717, 1.165) is 33.6 Å². The minimum atomic E-state index is -0.108. The van der Waals surface area contributed by atoms with Crippen LogP contribution in [0.2, 0.25) is 0 Å². The summed E-state index contributed by atoms with van der Waals surface area (Å²) in [5.74, 6) is -0.207. The Bertz CT molecular complexity index is 1310. The van der Waals surface area contributed by atoms with Crippen LogP contribution in [0.1, 0.15) is 28.7 Å². The largest absolute Gasteiger partial charge is 0.355 e. The number of amides is 2. The average molecular weight is 484 g/mol. The van der Waals surface area contributed by atoms with Crippen LogP contribution >= 0.6 is 11.3 Å². The maximum Gasteiger partial charge on any atom is 0.235 e. The summed E-state index contributed by atoms with van der Waals surface area (Å²) in [6, 6.07) is 23.8. The molecule has 0 aliphatic heterocycles. The van der Waals surface area contributed by atoms with E-state index in [4.69, 9.17) is 4.98 Å². The van der Waals surface area contributed by atoms with Gasteiger partial charge in [-0.1, -0.05) is 72.3 Å². The van der Waals surface area contributed by atoms with Gasteiger partial charge in [-0.25, -0.2) is 4.98 Å².